The molecule has 1 unspecified atom stereocenters. The maximum Gasteiger partial charge on any atom is 0.254 e. The van der Waals surface area contributed by atoms with Gasteiger partial charge in [-0.1, -0.05) is 0 Å². The number of nitrogens with two attached hydrogens (primary N) is 1. The second-order valence-electron chi connectivity index (χ2n) is 4.57. The number of nitrogens with zero attached hydrogens (tertiary/aromatic N) is 1. The average Bonchev–Trinajstić information content (AvgIpc) is 2.36. The van der Waals surface area contributed by atoms with Gasteiger partial charge in [-0.15, -0.1) is 0 Å². The molecule has 0 radical (unpaired) electrons. The molecule has 1 rings (SSSR count). The van der Waals surface area contributed by atoms with Crippen LogP contribution in [0.15, 0.2) is 12.1 Å². The van der Waals surface area contributed by atoms with E-state index in [1.807, 2.05) is 13.8 Å². The van der Waals surface area contributed by atoms with E-state index < -0.39 is 5.82 Å². The third kappa shape index (κ3) is 3.44. The highest BCUT2D eigenvalue weighted by Crippen LogP contribution is 2.19. The number of amides is 1. The van der Waals surface area contributed by atoms with Crippen molar-refractivity contribution in [3.05, 3.63) is 29.1 Å². The van der Waals surface area contributed by atoms with E-state index in [1.165, 1.54) is 12.1 Å². The van der Waals surface area contributed by atoms with Crippen molar-refractivity contribution in [3.63, 3.8) is 0 Å². The molecule has 0 heterocycles. The average molecular weight is 268 g/mol. The molecule has 0 aliphatic rings. The number of carbonyl (C=O) groups is 1. The number of likely N-dealkylation sites (N-methyl/N-ethyl adjacent to an activating group) is 1. The number of rotatable bonds is 5. The van der Waals surface area contributed by atoms with Crippen molar-refractivity contribution in [1.82, 2.24) is 4.90 Å². The van der Waals surface area contributed by atoms with Gasteiger partial charge in [-0.3, -0.25) is 4.79 Å². The summed E-state index contributed by atoms with van der Waals surface area (Å²) in [6, 6.07) is 2.67. The van der Waals surface area contributed by atoms with Crippen LogP contribution in [0, 0.1) is 12.7 Å². The third-order valence-corrected chi connectivity index (χ3v) is 3.17. The highest BCUT2D eigenvalue weighted by atomic mass is 19.1. The second-order valence-corrected chi connectivity index (χ2v) is 4.57. The van der Waals surface area contributed by atoms with Crippen molar-refractivity contribution in [2.24, 2.45) is 0 Å². The van der Waals surface area contributed by atoms with Crippen LogP contribution in [0.5, 0.6) is 0 Å². The SMILES string of the molecule is CCN(C(=O)c1cc(N)c(C)c(F)c1)C(C)COC. The maximum atomic E-state index is 13.6. The summed E-state index contributed by atoms with van der Waals surface area (Å²) >= 11 is 0. The highest BCUT2D eigenvalue weighted by Gasteiger charge is 2.21. The number of anilines is 1. The van der Waals surface area contributed by atoms with Crippen molar-refractivity contribution in [1.29, 1.82) is 0 Å². The first-order chi connectivity index (χ1) is 8.92. The maximum absolute atomic E-state index is 13.6. The second kappa shape index (κ2) is 6.52. The molecule has 1 aromatic carbocycles. The number of hydrogen-bond donors (Lipinski definition) is 1. The zero-order chi connectivity index (χ0) is 14.6. The van der Waals surface area contributed by atoms with Crippen molar-refractivity contribution in [2.75, 3.05) is 26.0 Å². The summed E-state index contributed by atoms with van der Waals surface area (Å²) in [5.41, 5.74) is 6.62. The zero-order valence-corrected chi connectivity index (χ0v) is 11.9. The summed E-state index contributed by atoms with van der Waals surface area (Å²) in [6.45, 7) is 6.31. The van der Waals surface area contributed by atoms with Crippen molar-refractivity contribution >= 4 is 11.6 Å². The van der Waals surface area contributed by atoms with Gasteiger partial charge in [-0.25, -0.2) is 4.39 Å². The summed E-state index contributed by atoms with van der Waals surface area (Å²) in [6.07, 6.45) is 0. The molecule has 106 valence electrons. The standard InChI is InChI=1S/C14H21FN2O2/c1-5-17(9(2)8-19-4)14(18)11-6-12(15)10(3)13(16)7-11/h6-7,9H,5,8,16H2,1-4H3. The largest absolute Gasteiger partial charge is 0.398 e. The van der Waals surface area contributed by atoms with Crippen LogP contribution in [0.2, 0.25) is 0 Å². The first kappa shape index (κ1) is 15.4. The third-order valence-electron chi connectivity index (χ3n) is 3.17. The smallest absolute Gasteiger partial charge is 0.254 e. The van der Waals surface area contributed by atoms with Gasteiger partial charge in [0.1, 0.15) is 5.82 Å². The van der Waals surface area contributed by atoms with Gasteiger partial charge < -0.3 is 15.4 Å². The molecular formula is C14H21FN2O2. The van der Waals surface area contributed by atoms with E-state index in [4.69, 9.17) is 10.5 Å². The molecule has 0 aliphatic carbocycles. The Morgan fingerprint density at radius 2 is 2.16 bits per heavy atom. The Kier molecular flexibility index (Phi) is 5.30. The summed E-state index contributed by atoms with van der Waals surface area (Å²) in [5.74, 6) is -0.698. The van der Waals surface area contributed by atoms with Crippen molar-refractivity contribution < 1.29 is 13.9 Å². The molecule has 19 heavy (non-hydrogen) atoms. The lowest BCUT2D eigenvalue weighted by atomic mass is 10.1. The van der Waals surface area contributed by atoms with Crippen molar-refractivity contribution in [2.45, 2.75) is 26.8 Å². The van der Waals surface area contributed by atoms with Gasteiger partial charge in [0.2, 0.25) is 0 Å². The Morgan fingerprint density at radius 1 is 1.53 bits per heavy atom. The van der Waals surface area contributed by atoms with E-state index in [-0.39, 0.29) is 17.5 Å². The van der Waals surface area contributed by atoms with Crippen LogP contribution >= 0.6 is 0 Å². The highest BCUT2D eigenvalue weighted by molar-refractivity contribution is 5.95. The number of benzene rings is 1. The lowest BCUT2D eigenvalue weighted by Gasteiger charge is -2.27. The van der Waals surface area contributed by atoms with Crippen LogP contribution in [0.25, 0.3) is 0 Å². The monoisotopic (exact) mass is 268 g/mol. The topological polar surface area (TPSA) is 55.6 Å². The normalized spacial score (nSPS) is 12.3. The van der Waals surface area contributed by atoms with E-state index in [9.17, 15) is 9.18 Å². The molecule has 5 heteroatoms. The lowest BCUT2D eigenvalue weighted by Crippen LogP contribution is -2.41. The Morgan fingerprint density at radius 3 is 2.63 bits per heavy atom. The summed E-state index contributed by atoms with van der Waals surface area (Å²) in [5, 5.41) is 0. The zero-order valence-electron chi connectivity index (χ0n) is 11.9. The van der Waals surface area contributed by atoms with Gasteiger partial charge in [-0.05, 0) is 32.9 Å². The fourth-order valence-electron chi connectivity index (χ4n) is 1.98. The van der Waals surface area contributed by atoms with Crippen LogP contribution in [0.4, 0.5) is 10.1 Å². The Labute approximate surface area is 113 Å². The Bertz CT molecular complexity index is 440. The minimum atomic E-state index is -0.459. The first-order valence-electron chi connectivity index (χ1n) is 6.27. The molecule has 0 fully saturated rings. The van der Waals surface area contributed by atoms with E-state index in [1.54, 1.807) is 18.9 Å². The van der Waals surface area contributed by atoms with E-state index >= 15 is 0 Å². The first-order valence-corrected chi connectivity index (χ1v) is 6.27. The Balaban J connectivity index is 3.04. The van der Waals surface area contributed by atoms with Crippen LogP contribution in [-0.4, -0.2) is 37.1 Å². The molecule has 1 amide bonds. The fourth-order valence-corrected chi connectivity index (χ4v) is 1.98. The predicted octanol–water partition coefficient (Wildman–Crippen LogP) is 2.21. The molecule has 0 aliphatic heterocycles. The van der Waals surface area contributed by atoms with Crippen LogP contribution in [0.1, 0.15) is 29.8 Å². The van der Waals surface area contributed by atoms with Gasteiger partial charge in [0, 0.05) is 30.5 Å². The molecule has 0 bridgehead atoms. The van der Waals surface area contributed by atoms with Gasteiger partial charge in [0.25, 0.3) is 5.91 Å². The molecule has 2 N–H and O–H groups in total. The number of methoxy groups -OCH3 is 1. The lowest BCUT2D eigenvalue weighted by molar-refractivity contribution is 0.0579. The molecule has 0 saturated heterocycles. The van der Waals surface area contributed by atoms with Crippen LogP contribution in [0.3, 0.4) is 0 Å². The molecule has 0 aromatic heterocycles. The summed E-state index contributed by atoms with van der Waals surface area (Å²) in [7, 11) is 1.58. The number of ether oxygens (including phenoxy) is 1. The minimum Gasteiger partial charge on any atom is -0.398 e. The molecule has 4 nitrogen and oxygen atoms in total. The molecular weight excluding hydrogens is 247 g/mol. The van der Waals surface area contributed by atoms with E-state index in [0.717, 1.165) is 0 Å². The number of hydrogen-bond acceptors (Lipinski definition) is 3. The molecule has 0 saturated carbocycles. The van der Waals surface area contributed by atoms with Gasteiger partial charge in [0.15, 0.2) is 0 Å². The Hall–Kier alpha value is -1.62. The minimum absolute atomic E-state index is 0.0758. The van der Waals surface area contributed by atoms with Crippen molar-refractivity contribution in [3.8, 4) is 0 Å². The summed E-state index contributed by atoms with van der Waals surface area (Å²) in [4.78, 5) is 14.0. The molecule has 0 spiro atoms. The summed E-state index contributed by atoms with van der Waals surface area (Å²) < 4.78 is 18.7. The van der Waals surface area contributed by atoms with Gasteiger partial charge >= 0.3 is 0 Å². The predicted molar refractivity (Wildman–Crippen MR) is 73.6 cm³/mol. The van der Waals surface area contributed by atoms with Gasteiger partial charge in [0.05, 0.1) is 12.6 Å². The number of carbonyl (C=O) groups excluding carboxylic acids is 1. The number of nitrogen functional groups attached to an aromatic ring is 1. The van der Waals surface area contributed by atoms with E-state index in [2.05, 4.69) is 0 Å². The van der Waals surface area contributed by atoms with Crippen LogP contribution < -0.4 is 5.73 Å². The number of halogens is 1. The molecule has 1 aromatic rings. The van der Waals surface area contributed by atoms with Gasteiger partial charge in [-0.2, -0.15) is 0 Å². The van der Waals surface area contributed by atoms with E-state index in [0.29, 0.717) is 24.4 Å². The quantitative estimate of drug-likeness (QED) is 0.833. The fraction of sp³-hybridized carbons (Fsp3) is 0.500. The molecule has 1 atom stereocenters. The van der Waals surface area contributed by atoms with Crippen LogP contribution in [-0.2, 0) is 4.74 Å².